The molecule has 4 atom stereocenters. The van der Waals surface area contributed by atoms with E-state index in [1.165, 1.54) is 12.8 Å². The number of nitrogens with one attached hydrogen (secondary N) is 1. The Morgan fingerprint density at radius 2 is 1.88 bits per heavy atom. The quantitative estimate of drug-likeness (QED) is 0.776. The van der Waals surface area contributed by atoms with Crippen LogP contribution >= 0.6 is 0 Å². The fraction of sp³-hybridized carbons (Fsp3) is 0.929. The van der Waals surface area contributed by atoms with Crippen molar-refractivity contribution >= 4 is 5.91 Å². The highest BCUT2D eigenvalue weighted by atomic mass is 16.3. The molecule has 2 saturated carbocycles. The van der Waals surface area contributed by atoms with Crippen molar-refractivity contribution in [3.05, 3.63) is 0 Å². The summed E-state index contributed by atoms with van der Waals surface area (Å²) in [6.45, 7) is 2.23. The number of aliphatic hydroxyl groups is 1. The van der Waals surface area contributed by atoms with Crippen molar-refractivity contribution in [1.29, 1.82) is 0 Å². The molecule has 2 fully saturated rings. The van der Waals surface area contributed by atoms with E-state index >= 15 is 0 Å². The van der Waals surface area contributed by atoms with Crippen LogP contribution in [0.3, 0.4) is 0 Å². The Balaban J connectivity index is 1.83. The summed E-state index contributed by atoms with van der Waals surface area (Å²) >= 11 is 0. The molecule has 0 aromatic rings. The van der Waals surface area contributed by atoms with Gasteiger partial charge in [0.2, 0.25) is 5.91 Å². The Hall–Kier alpha value is -0.570. The van der Waals surface area contributed by atoms with Gasteiger partial charge < -0.3 is 10.4 Å². The zero-order valence-corrected chi connectivity index (χ0v) is 10.8. The molecule has 1 amide bonds. The monoisotopic (exact) mass is 239 g/mol. The molecule has 2 aliphatic rings. The lowest BCUT2D eigenvalue weighted by Gasteiger charge is -2.32. The van der Waals surface area contributed by atoms with Gasteiger partial charge in [0, 0.05) is 5.92 Å². The maximum atomic E-state index is 12.1. The Morgan fingerprint density at radius 3 is 2.59 bits per heavy atom. The van der Waals surface area contributed by atoms with Crippen LogP contribution in [0.1, 0.15) is 58.3 Å². The number of aliphatic hydroxyl groups excluding tert-OH is 1. The highest BCUT2D eigenvalue weighted by Gasteiger charge is 2.29. The van der Waals surface area contributed by atoms with Crippen LogP contribution in [0, 0.1) is 11.8 Å². The molecule has 0 spiro atoms. The van der Waals surface area contributed by atoms with E-state index in [0.717, 1.165) is 38.5 Å². The molecule has 0 bridgehead atoms. The van der Waals surface area contributed by atoms with Gasteiger partial charge in [0.05, 0.1) is 12.1 Å². The van der Waals surface area contributed by atoms with Crippen LogP contribution in [-0.4, -0.2) is 23.2 Å². The summed E-state index contributed by atoms with van der Waals surface area (Å²) in [5.74, 6) is 1.05. The van der Waals surface area contributed by atoms with E-state index in [-0.39, 0.29) is 24.0 Å². The summed E-state index contributed by atoms with van der Waals surface area (Å²) < 4.78 is 0. The van der Waals surface area contributed by atoms with Crippen LogP contribution < -0.4 is 5.32 Å². The molecule has 98 valence electrons. The average Bonchev–Trinajstić information content (AvgIpc) is 2.32. The molecule has 0 saturated heterocycles. The second-order valence-electron chi connectivity index (χ2n) is 5.94. The van der Waals surface area contributed by atoms with Crippen LogP contribution in [0.5, 0.6) is 0 Å². The molecule has 3 nitrogen and oxygen atoms in total. The number of hydrogen-bond donors (Lipinski definition) is 2. The molecular weight excluding hydrogens is 214 g/mol. The minimum Gasteiger partial charge on any atom is -0.391 e. The van der Waals surface area contributed by atoms with E-state index in [9.17, 15) is 9.90 Å². The maximum Gasteiger partial charge on any atom is 0.223 e. The second kappa shape index (κ2) is 5.85. The van der Waals surface area contributed by atoms with Crippen molar-refractivity contribution in [3.8, 4) is 0 Å². The van der Waals surface area contributed by atoms with Gasteiger partial charge in [0.1, 0.15) is 0 Å². The fourth-order valence-electron chi connectivity index (χ4n) is 3.25. The standard InChI is InChI=1S/C14H25NO2/c1-10-5-4-6-11(9-10)14(17)15-12-7-2-3-8-13(12)16/h10-13,16H,2-9H2,1H3,(H,15,17). The van der Waals surface area contributed by atoms with E-state index in [2.05, 4.69) is 12.2 Å². The van der Waals surface area contributed by atoms with Crippen molar-refractivity contribution in [1.82, 2.24) is 5.32 Å². The van der Waals surface area contributed by atoms with Crippen LogP contribution in [-0.2, 0) is 4.79 Å². The van der Waals surface area contributed by atoms with E-state index < -0.39 is 0 Å². The molecule has 2 aliphatic carbocycles. The molecule has 0 radical (unpaired) electrons. The highest BCUT2D eigenvalue weighted by molar-refractivity contribution is 5.79. The Labute approximate surface area is 104 Å². The molecule has 2 rings (SSSR count). The van der Waals surface area contributed by atoms with Gasteiger partial charge in [0.25, 0.3) is 0 Å². The van der Waals surface area contributed by atoms with Crippen molar-refractivity contribution in [2.24, 2.45) is 11.8 Å². The van der Waals surface area contributed by atoms with Crippen molar-refractivity contribution in [3.63, 3.8) is 0 Å². The fourth-order valence-corrected chi connectivity index (χ4v) is 3.25. The molecule has 0 aromatic heterocycles. The van der Waals surface area contributed by atoms with Gasteiger partial charge in [-0.1, -0.05) is 32.6 Å². The third kappa shape index (κ3) is 3.44. The van der Waals surface area contributed by atoms with Gasteiger partial charge in [-0.05, 0) is 31.6 Å². The van der Waals surface area contributed by atoms with Crippen LogP contribution in [0.15, 0.2) is 0 Å². The van der Waals surface area contributed by atoms with Crippen LogP contribution in [0.2, 0.25) is 0 Å². The number of rotatable bonds is 2. The largest absolute Gasteiger partial charge is 0.391 e. The topological polar surface area (TPSA) is 49.3 Å². The van der Waals surface area contributed by atoms with E-state index in [0.29, 0.717) is 5.92 Å². The Morgan fingerprint density at radius 1 is 1.12 bits per heavy atom. The Bertz CT molecular complexity index is 267. The van der Waals surface area contributed by atoms with Gasteiger partial charge in [-0.2, -0.15) is 0 Å². The number of carbonyl (C=O) groups excluding carboxylic acids is 1. The highest BCUT2D eigenvalue weighted by Crippen LogP contribution is 2.29. The summed E-state index contributed by atoms with van der Waals surface area (Å²) in [7, 11) is 0. The van der Waals surface area contributed by atoms with Crippen LogP contribution in [0.4, 0.5) is 0 Å². The first kappa shape index (κ1) is 12.9. The minimum atomic E-state index is -0.325. The van der Waals surface area contributed by atoms with Crippen molar-refractivity contribution < 1.29 is 9.90 Å². The SMILES string of the molecule is CC1CCCC(C(=O)NC2CCCCC2O)C1. The molecular formula is C14H25NO2. The predicted molar refractivity (Wildman–Crippen MR) is 67.5 cm³/mol. The molecule has 2 N–H and O–H groups in total. The van der Waals surface area contributed by atoms with Crippen LogP contribution in [0.25, 0.3) is 0 Å². The zero-order valence-electron chi connectivity index (χ0n) is 10.8. The minimum absolute atomic E-state index is 0.00785. The molecule has 17 heavy (non-hydrogen) atoms. The summed E-state index contributed by atoms with van der Waals surface area (Å²) in [6, 6.07) is 0.00785. The second-order valence-corrected chi connectivity index (χ2v) is 5.94. The normalized spacial score (nSPS) is 38.7. The van der Waals surface area contributed by atoms with Gasteiger partial charge in [-0.25, -0.2) is 0 Å². The molecule has 4 unspecified atom stereocenters. The Kier molecular flexibility index (Phi) is 4.43. The van der Waals surface area contributed by atoms with Gasteiger partial charge >= 0.3 is 0 Å². The number of amides is 1. The first-order valence-corrected chi connectivity index (χ1v) is 7.15. The molecule has 0 aromatic carbocycles. The van der Waals surface area contributed by atoms with Gasteiger partial charge in [-0.3, -0.25) is 4.79 Å². The summed E-state index contributed by atoms with van der Waals surface area (Å²) in [6.07, 6.45) is 8.16. The molecule has 0 aliphatic heterocycles. The first-order chi connectivity index (χ1) is 8.16. The van der Waals surface area contributed by atoms with Gasteiger partial charge in [-0.15, -0.1) is 0 Å². The van der Waals surface area contributed by atoms with E-state index in [1.54, 1.807) is 0 Å². The summed E-state index contributed by atoms with van der Waals surface area (Å²) in [5.41, 5.74) is 0. The molecule has 3 heteroatoms. The molecule has 0 heterocycles. The predicted octanol–water partition coefficient (Wildman–Crippen LogP) is 2.23. The van der Waals surface area contributed by atoms with Crippen molar-refractivity contribution in [2.45, 2.75) is 70.4 Å². The smallest absolute Gasteiger partial charge is 0.223 e. The lowest BCUT2D eigenvalue weighted by Crippen LogP contribution is -2.47. The first-order valence-electron chi connectivity index (χ1n) is 7.15. The third-order valence-electron chi connectivity index (χ3n) is 4.36. The number of carbonyl (C=O) groups is 1. The van der Waals surface area contributed by atoms with Gasteiger partial charge in [0.15, 0.2) is 0 Å². The summed E-state index contributed by atoms with van der Waals surface area (Å²) in [5, 5.41) is 12.9. The zero-order chi connectivity index (χ0) is 12.3. The van der Waals surface area contributed by atoms with E-state index in [4.69, 9.17) is 0 Å². The maximum absolute atomic E-state index is 12.1. The lowest BCUT2D eigenvalue weighted by atomic mass is 9.81. The van der Waals surface area contributed by atoms with Crippen molar-refractivity contribution in [2.75, 3.05) is 0 Å². The van der Waals surface area contributed by atoms with E-state index in [1.807, 2.05) is 0 Å². The third-order valence-corrected chi connectivity index (χ3v) is 4.36. The number of hydrogen-bond acceptors (Lipinski definition) is 2. The average molecular weight is 239 g/mol. The lowest BCUT2D eigenvalue weighted by molar-refractivity contribution is -0.128. The summed E-state index contributed by atoms with van der Waals surface area (Å²) in [4.78, 5) is 12.1.